The Morgan fingerprint density at radius 2 is 2.19 bits per heavy atom. The average Bonchev–Trinajstić information content (AvgIpc) is 3.36. The largest absolute Gasteiger partial charge is 0.489 e. The molecule has 6 nitrogen and oxygen atoms in total. The molecule has 1 aromatic heterocycles. The van der Waals surface area contributed by atoms with Gasteiger partial charge in [-0.15, -0.1) is 0 Å². The molecule has 136 valence electrons. The monoisotopic (exact) mass is 354 g/mol. The highest BCUT2D eigenvalue weighted by Gasteiger charge is 2.55. The summed E-state index contributed by atoms with van der Waals surface area (Å²) in [4.78, 5) is 13.8. The van der Waals surface area contributed by atoms with Gasteiger partial charge in [0.2, 0.25) is 5.91 Å². The first kappa shape index (κ1) is 16.7. The zero-order valence-electron chi connectivity index (χ0n) is 14.9. The van der Waals surface area contributed by atoms with E-state index in [0.717, 1.165) is 40.9 Å². The molecule has 0 spiro atoms. The number of furan rings is 1. The number of amides is 1. The lowest BCUT2D eigenvalue weighted by Gasteiger charge is -2.38. The maximum Gasteiger partial charge on any atom is 0.243 e. The van der Waals surface area contributed by atoms with Crippen LogP contribution < -0.4 is 10.5 Å². The summed E-state index contributed by atoms with van der Waals surface area (Å²) in [5.74, 6) is 1.31. The third-order valence-electron chi connectivity index (χ3n) is 5.04. The van der Waals surface area contributed by atoms with Crippen LogP contribution in [0.4, 0.5) is 0 Å². The molecule has 1 saturated carbocycles. The molecular weight excluding hydrogens is 332 g/mol. The summed E-state index contributed by atoms with van der Waals surface area (Å²) < 4.78 is 17.2. The van der Waals surface area contributed by atoms with E-state index in [4.69, 9.17) is 19.6 Å². The van der Waals surface area contributed by atoms with Gasteiger partial charge in [0, 0.05) is 24.3 Å². The zero-order chi connectivity index (χ0) is 18.3. The molecule has 1 aliphatic carbocycles. The lowest BCUT2D eigenvalue weighted by atomic mass is 10.1. The molecule has 2 aromatic rings. The van der Waals surface area contributed by atoms with Gasteiger partial charge >= 0.3 is 0 Å². The van der Waals surface area contributed by atoms with Gasteiger partial charge < -0.3 is 24.5 Å². The number of nitrogens with zero attached hydrogens (tertiary/aromatic N) is 1. The molecule has 1 aliphatic heterocycles. The number of aryl methyl sites for hydroxylation is 1. The number of fused-ring (bicyclic) bond motifs is 1. The van der Waals surface area contributed by atoms with E-state index in [1.807, 2.05) is 54.4 Å². The van der Waals surface area contributed by atoms with Crippen LogP contribution in [0, 0.1) is 6.92 Å². The predicted octanol–water partition coefficient (Wildman–Crippen LogP) is 2.87. The fraction of sp³-hybridized carbons (Fsp3) is 0.350. The quantitative estimate of drug-likeness (QED) is 0.863. The number of carbonyl (C=O) groups excluding carboxylic acids is 1. The molecule has 1 unspecified atom stereocenters. The highest BCUT2D eigenvalue weighted by molar-refractivity contribution is 5.88. The van der Waals surface area contributed by atoms with Crippen LogP contribution in [-0.4, -0.2) is 36.3 Å². The Morgan fingerprint density at radius 1 is 1.38 bits per heavy atom. The summed E-state index contributed by atoms with van der Waals surface area (Å²) in [6.07, 6.45) is 6.86. The van der Waals surface area contributed by atoms with Crippen LogP contribution >= 0.6 is 0 Å². The number of ether oxygens (including phenoxy) is 2. The van der Waals surface area contributed by atoms with Crippen molar-refractivity contribution in [2.45, 2.75) is 31.5 Å². The van der Waals surface area contributed by atoms with Gasteiger partial charge in [-0.25, -0.2) is 0 Å². The molecule has 1 amide bonds. The first-order valence-electron chi connectivity index (χ1n) is 8.65. The molecule has 6 heteroatoms. The molecule has 2 N–H and O–H groups in total. The van der Waals surface area contributed by atoms with Crippen molar-refractivity contribution >= 4 is 16.9 Å². The second-order valence-electron chi connectivity index (χ2n) is 6.82. The van der Waals surface area contributed by atoms with Crippen LogP contribution in [0.25, 0.3) is 11.0 Å². The molecule has 2 aliphatic rings. The number of nitrogens with two attached hydrogens (primary N) is 1. The minimum atomic E-state index is -0.635. The molecule has 26 heavy (non-hydrogen) atoms. The lowest BCUT2D eigenvalue weighted by Crippen LogP contribution is -2.51. The predicted molar refractivity (Wildman–Crippen MR) is 97.5 cm³/mol. The number of hydrogen-bond donors (Lipinski definition) is 1. The van der Waals surface area contributed by atoms with Crippen molar-refractivity contribution in [1.29, 1.82) is 0 Å². The molecule has 2 heterocycles. The number of rotatable bonds is 6. The van der Waals surface area contributed by atoms with Gasteiger partial charge in [0.15, 0.2) is 6.23 Å². The molecule has 1 aromatic carbocycles. The smallest absolute Gasteiger partial charge is 0.243 e. The first-order chi connectivity index (χ1) is 12.5. The van der Waals surface area contributed by atoms with Gasteiger partial charge in [-0.2, -0.15) is 0 Å². The van der Waals surface area contributed by atoms with Crippen LogP contribution in [0.2, 0.25) is 0 Å². The van der Waals surface area contributed by atoms with E-state index < -0.39 is 5.54 Å². The van der Waals surface area contributed by atoms with Crippen molar-refractivity contribution in [3.63, 3.8) is 0 Å². The van der Waals surface area contributed by atoms with E-state index in [1.165, 1.54) is 0 Å². The number of carbonyl (C=O) groups is 1. The third-order valence-corrected chi connectivity index (χ3v) is 5.04. The van der Waals surface area contributed by atoms with Crippen molar-refractivity contribution in [2.24, 2.45) is 5.73 Å². The SMILES string of the molecule is COC1C(COc2ccc3oc(C)cc3c2)=CC=CN1C1(C(N)=O)CC1. The van der Waals surface area contributed by atoms with E-state index in [0.29, 0.717) is 6.61 Å². The summed E-state index contributed by atoms with van der Waals surface area (Å²) in [7, 11) is 1.63. The highest BCUT2D eigenvalue weighted by atomic mass is 16.5. The molecule has 1 fully saturated rings. The van der Waals surface area contributed by atoms with Crippen LogP contribution in [0.15, 0.2) is 52.6 Å². The van der Waals surface area contributed by atoms with Crippen LogP contribution in [0.1, 0.15) is 18.6 Å². The second kappa shape index (κ2) is 6.21. The molecule has 0 bridgehead atoms. The zero-order valence-corrected chi connectivity index (χ0v) is 14.9. The Kier molecular flexibility index (Phi) is 4.00. The average molecular weight is 354 g/mol. The number of benzene rings is 1. The first-order valence-corrected chi connectivity index (χ1v) is 8.65. The van der Waals surface area contributed by atoms with E-state index >= 15 is 0 Å². The van der Waals surface area contributed by atoms with Crippen LogP contribution in [0.5, 0.6) is 5.75 Å². The minimum absolute atomic E-state index is 0.313. The molecule has 1 atom stereocenters. The molecular formula is C20H22N2O4. The summed E-state index contributed by atoms with van der Waals surface area (Å²) in [5.41, 5.74) is 6.76. The molecule has 0 saturated heterocycles. The highest BCUT2D eigenvalue weighted by Crippen LogP contribution is 2.44. The normalized spacial score (nSPS) is 20.9. The fourth-order valence-corrected chi connectivity index (χ4v) is 3.51. The Hall–Kier alpha value is -2.73. The van der Waals surface area contributed by atoms with Gasteiger partial charge in [0.1, 0.15) is 29.2 Å². The van der Waals surface area contributed by atoms with Gasteiger partial charge in [0.05, 0.1) is 0 Å². The van der Waals surface area contributed by atoms with Crippen molar-refractivity contribution in [2.75, 3.05) is 13.7 Å². The summed E-state index contributed by atoms with van der Waals surface area (Å²) >= 11 is 0. The van der Waals surface area contributed by atoms with Crippen molar-refractivity contribution < 1.29 is 18.7 Å². The number of primary amides is 1. The van der Waals surface area contributed by atoms with Gasteiger partial charge in [-0.3, -0.25) is 4.79 Å². The maximum absolute atomic E-state index is 11.9. The fourth-order valence-electron chi connectivity index (χ4n) is 3.51. The summed E-state index contributed by atoms with van der Waals surface area (Å²) in [6.45, 7) is 2.28. The Bertz CT molecular complexity index is 908. The topological polar surface area (TPSA) is 77.9 Å². The maximum atomic E-state index is 11.9. The number of methoxy groups -OCH3 is 1. The Labute approximate surface area is 151 Å². The van der Waals surface area contributed by atoms with Crippen molar-refractivity contribution in [3.8, 4) is 5.75 Å². The molecule has 4 rings (SSSR count). The van der Waals surface area contributed by atoms with Crippen molar-refractivity contribution in [1.82, 2.24) is 4.90 Å². The molecule has 0 radical (unpaired) electrons. The van der Waals surface area contributed by atoms with E-state index in [2.05, 4.69) is 0 Å². The minimum Gasteiger partial charge on any atom is -0.489 e. The second-order valence-corrected chi connectivity index (χ2v) is 6.82. The van der Waals surface area contributed by atoms with Gasteiger partial charge in [-0.05, 0) is 50.1 Å². The third kappa shape index (κ3) is 2.76. The van der Waals surface area contributed by atoms with Gasteiger partial charge in [-0.1, -0.05) is 6.08 Å². The van der Waals surface area contributed by atoms with Crippen molar-refractivity contribution in [3.05, 3.63) is 54.0 Å². The van der Waals surface area contributed by atoms with Crippen LogP contribution in [-0.2, 0) is 9.53 Å². The summed E-state index contributed by atoms with van der Waals surface area (Å²) in [5, 5.41) is 1.01. The Balaban J connectivity index is 1.50. The lowest BCUT2D eigenvalue weighted by molar-refractivity contribution is -0.128. The van der Waals surface area contributed by atoms with E-state index in [-0.39, 0.29) is 12.1 Å². The van der Waals surface area contributed by atoms with E-state index in [9.17, 15) is 4.79 Å². The summed E-state index contributed by atoms with van der Waals surface area (Å²) in [6, 6.07) is 7.72. The van der Waals surface area contributed by atoms with Crippen LogP contribution in [0.3, 0.4) is 0 Å². The number of allylic oxidation sites excluding steroid dienone is 2. The van der Waals surface area contributed by atoms with Gasteiger partial charge in [0.25, 0.3) is 0 Å². The standard InChI is InChI=1S/C20H22N2O4/c1-13-10-15-11-16(5-6-17(15)26-13)25-12-14-4-3-9-22(18(14)24-2)20(7-8-20)19(21)23/h3-6,9-11,18H,7-8,12H2,1-2H3,(H2,21,23). The number of hydrogen-bond acceptors (Lipinski definition) is 5. The van der Waals surface area contributed by atoms with E-state index in [1.54, 1.807) is 7.11 Å². The Morgan fingerprint density at radius 3 is 2.88 bits per heavy atom.